The first-order valence-electron chi connectivity index (χ1n) is 2.22. The highest BCUT2D eigenvalue weighted by atomic mass is 127. The van der Waals surface area contributed by atoms with Crippen LogP contribution in [-0.2, 0) is 0 Å². The number of hydrogen-bond acceptors (Lipinski definition) is 2. The van der Waals surface area contributed by atoms with Crippen LogP contribution in [0.2, 0.25) is 0 Å². The van der Waals surface area contributed by atoms with Crippen molar-refractivity contribution in [2.75, 3.05) is 13.1 Å². The minimum atomic E-state index is 1.07. The number of nitrogens with one attached hydrogen (secondary N) is 1. The summed E-state index contributed by atoms with van der Waals surface area (Å²) < 4.78 is 2.12. The zero-order valence-electron chi connectivity index (χ0n) is 3.89. The first-order valence-corrected chi connectivity index (χ1v) is 3.18. The number of halogens is 1. The lowest BCUT2D eigenvalue weighted by Crippen LogP contribution is -2.24. The topological polar surface area (TPSA) is 15.3 Å². The standard InChI is InChI=1S/C4H7IN2/c5-7-3-1-6-2-4-7/h1,3,6H,2,4H2. The van der Waals surface area contributed by atoms with E-state index in [9.17, 15) is 0 Å². The average molecular weight is 210 g/mol. The molecule has 0 spiro atoms. The molecule has 0 bridgehead atoms. The second-order valence-electron chi connectivity index (χ2n) is 1.39. The molecule has 40 valence electrons. The Balaban J connectivity index is 2.36. The summed E-state index contributed by atoms with van der Waals surface area (Å²) in [4.78, 5) is 0. The summed E-state index contributed by atoms with van der Waals surface area (Å²) in [7, 11) is 0. The summed E-state index contributed by atoms with van der Waals surface area (Å²) in [5, 5.41) is 3.09. The van der Waals surface area contributed by atoms with E-state index in [2.05, 4.69) is 31.3 Å². The normalized spacial score (nSPS) is 19.3. The lowest BCUT2D eigenvalue weighted by Gasteiger charge is -2.15. The van der Waals surface area contributed by atoms with Crippen molar-refractivity contribution < 1.29 is 0 Å². The molecule has 1 aliphatic rings. The van der Waals surface area contributed by atoms with Crippen LogP contribution in [-0.4, -0.2) is 16.2 Å². The highest BCUT2D eigenvalue weighted by Gasteiger charge is 1.94. The third kappa shape index (κ3) is 1.54. The van der Waals surface area contributed by atoms with Gasteiger partial charge in [-0.15, -0.1) is 0 Å². The van der Waals surface area contributed by atoms with Gasteiger partial charge in [-0.05, 0) is 0 Å². The molecule has 0 aromatic carbocycles. The van der Waals surface area contributed by atoms with Crippen LogP contribution < -0.4 is 5.32 Å². The predicted molar refractivity (Wildman–Crippen MR) is 37.9 cm³/mol. The highest BCUT2D eigenvalue weighted by molar-refractivity contribution is 14.1. The van der Waals surface area contributed by atoms with E-state index >= 15 is 0 Å². The number of hydrogen-bond donors (Lipinski definition) is 1. The lowest BCUT2D eigenvalue weighted by atomic mass is 10.5. The Labute approximate surface area is 57.1 Å². The fourth-order valence-corrected chi connectivity index (χ4v) is 0.865. The van der Waals surface area contributed by atoms with Gasteiger partial charge in [0.15, 0.2) is 0 Å². The van der Waals surface area contributed by atoms with Gasteiger partial charge < -0.3 is 8.43 Å². The fourth-order valence-electron chi connectivity index (χ4n) is 0.463. The van der Waals surface area contributed by atoms with Crippen LogP contribution in [0.1, 0.15) is 0 Å². The molecule has 2 nitrogen and oxygen atoms in total. The first-order chi connectivity index (χ1) is 3.39. The van der Waals surface area contributed by atoms with E-state index in [1.54, 1.807) is 0 Å². The van der Waals surface area contributed by atoms with E-state index in [1.807, 2.05) is 12.4 Å². The van der Waals surface area contributed by atoms with Gasteiger partial charge in [0.1, 0.15) is 0 Å². The summed E-state index contributed by atoms with van der Waals surface area (Å²) >= 11 is 2.26. The molecule has 0 unspecified atom stereocenters. The molecule has 0 radical (unpaired) electrons. The van der Waals surface area contributed by atoms with E-state index in [-0.39, 0.29) is 0 Å². The zero-order chi connectivity index (χ0) is 5.11. The highest BCUT2D eigenvalue weighted by Crippen LogP contribution is 1.99. The van der Waals surface area contributed by atoms with Crippen LogP contribution in [0.4, 0.5) is 0 Å². The van der Waals surface area contributed by atoms with Crippen LogP contribution in [0.25, 0.3) is 0 Å². The maximum Gasteiger partial charge on any atom is 0.0587 e. The van der Waals surface area contributed by atoms with E-state index in [1.165, 1.54) is 0 Å². The van der Waals surface area contributed by atoms with Gasteiger partial charge in [-0.3, -0.25) is 0 Å². The SMILES string of the molecule is IN1C=CNCC1. The third-order valence-corrected chi connectivity index (χ3v) is 1.63. The van der Waals surface area contributed by atoms with Crippen LogP contribution in [0.15, 0.2) is 12.4 Å². The van der Waals surface area contributed by atoms with Gasteiger partial charge in [0.05, 0.1) is 22.9 Å². The summed E-state index contributed by atoms with van der Waals surface area (Å²) in [5.41, 5.74) is 0. The molecule has 3 heteroatoms. The van der Waals surface area contributed by atoms with Crippen molar-refractivity contribution >= 4 is 22.9 Å². The van der Waals surface area contributed by atoms with Crippen molar-refractivity contribution in [2.45, 2.75) is 0 Å². The summed E-state index contributed by atoms with van der Waals surface area (Å²) in [6.45, 7) is 2.18. The first kappa shape index (κ1) is 5.21. The Hall–Kier alpha value is 0.0700. The van der Waals surface area contributed by atoms with Crippen molar-refractivity contribution in [1.82, 2.24) is 8.43 Å². The second kappa shape index (κ2) is 2.40. The molecule has 0 aromatic rings. The maximum absolute atomic E-state index is 3.09. The number of rotatable bonds is 0. The Morgan fingerprint density at radius 2 is 2.57 bits per heavy atom. The molecule has 0 amide bonds. The Morgan fingerprint density at radius 3 is 2.86 bits per heavy atom. The van der Waals surface area contributed by atoms with Gasteiger partial charge in [-0.2, -0.15) is 0 Å². The van der Waals surface area contributed by atoms with Gasteiger partial charge in [0.2, 0.25) is 0 Å². The largest absolute Gasteiger partial charge is 0.388 e. The molecule has 0 saturated heterocycles. The van der Waals surface area contributed by atoms with Crippen molar-refractivity contribution in [1.29, 1.82) is 0 Å². The molecular weight excluding hydrogens is 203 g/mol. The quantitative estimate of drug-likeness (QED) is 0.468. The predicted octanol–water partition coefficient (Wildman–Crippen LogP) is 0.713. The molecular formula is C4H7IN2. The molecule has 1 heterocycles. The van der Waals surface area contributed by atoms with Crippen molar-refractivity contribution in [3.8, 4) is 0 Å². The summed E-state index contributed by atoms with van der Waals surface area (Å²) in [5.74, 6) is 0. The third-order valence-electron chi connectivity index (χ3n) is 0.824. The zero-order valence-corrected chi connectivity index (χ0v) is 6.05. The van der Waals surface area contributed by atoms with Crippen LogP contribution in [0.3, 0.4) is 0 Å². The Bertz CT molecular complexity index is 81.8. The van der Waals surface area contributed by atoms with Crippen LogP contribution >= 0.6 is 22.9 Å². The van der Waals surface area contributed by atoms with Crippen molar-refractivity contribution in [3.63, 3.8) is 0 Å². The lowest BCUT2D eigenvalue weighted by molar-refractivity contribution is 0.598. The Kier molecular flexibility index (Phi) is 1.78. The van der Waals surface area contributed by atoms with Gasteiger partial charge in [0.25, 0.3) is 0 Å². The Morgan fingerprint density at radius 1 is 1.71 bits per heavy atom. The van der Waals surface area contributed by atoms with Gasteiger partial charge in [0, 0.05) is 25.5 Å². The molecule has 7 heavy (non-hydrogen) atoms. The van der Waals surface area contributed by atoms with E-state index in [0.29, 0.717) is 0 Å². The molecule has 0 fully saturated rings. The smallest absolute Gasteiger partial charge is 0.0587 e. The minimum absolute atomic E-state index is 1.07. The minimum Gasteiger partial charge on any atom is -0.388 e. The second-order valence-corrected chi connectivity index (χ2v) is 2.63. The monoisotopic (exact) mass is 210 g/mol. The van der Waals surface area contributed by atoms with Crippen LogP contribution in [0.5, 0.6) is 0 Å². The van der Waals surface area contributed by atoms with Gasteiger partial charge in [-0.1, -0.05) is 0 Å². The molecule has 1 rings (SSSR count). The van der Waals surface area contributed by atoms with Crippen molar-refractivity contribution in [3.05, 3.63) is 12.4 Å². The molecule has 0 atom stereocenters. The van der Waals surface area contributed by atoms with Gasteiger partial charge in [-0.25, -0.2) is 0 Å². The molecule has 0 aliphatic carbocycles. The van der Waals surface area contributed by atoms with Crippen molar-refractivity contribution in [2.24, 2.45) is 0 Å². The number of nitrogens with zero attached hydrogens (tertiary/aromatic N) is 1. The molecule has 1 N–H and O–H groups in total. The van der Waals surface area contributed by atoms with E-state index in [4.69, 9.17) is 0 Å². The van der Waals surface area contributed by atoms with E-state index in [0.717, 1.165) is 13.1 Å². The molecule has 0 aromatic heterocycles. The van der Waals surface area contributed by atoms with Crippen LogP contribution in [0, 0.1) is 0 Å². The summed E-state index contributed by atoms with van der Waals surface area (Å²) in [6, 6.07) is 0. The summed E-state index contributed by atoms with van der Waals surface area (Å²) in [6.07, 6.45) is 3.97. The molecule has 1 aliphatic heterocycles. The fraction of sp³-hybridized carbons (Fsp3) is 0.500. The van der Waals surface area contributed by atoms with Gasteiger partial charge >= 0.3 is 0 Å². The van der Waals surface area contributed by atoms with E-state index < -0.39 is 0 Å². The maximum atomic E-state index is 3.09. The molecule has 0 saturated carbocycles. The average Bonchev–Trinajstić information content (AvgIpc) is 1.69.